The van der Waals surface area contributed by atoms with Gasteiger partial charge in [0.1, 0.15) is 5.75 Å². The molecule has 102 valence electrons. The first-order chi connectivity index (χ1) is 8.72. The first-order valence-corrected chi connectivity index (χ1v) is 8.00. The number of hydrogen-bond donors (Lipinski definition) is 1. The van der Waals surface area contributed by atoms with Crippen LogP contribution in [0.25, 0.3) is 0 Å². The molecule has 0 aliphatic carbocycles. The average molecular weight is 267 g/mol. The highest BCUT2D eigenvalue weighted by atomic mass is 32.2. The summed E-state index contributed by atoms with van der Waals surface area (Å²) >= 11 is 1.90. The highest BCUT2D eigenvalue weighted by Gasteiger charge is 2.15. The Kier molecular flexibility index (Phi) is 7.21. The molecule has 0 spiro atoms. The SMILES string of the molecule is CCC(NC(C)CCSC)c1ccccc1OC. The largest absolute Gasteiger partial charge is 0.496 e. The van der Waals surface area contributed by atoms with Gasteiger partial charge in [-0.1, -0.05) is 25.1 Å². The molecular weight excluding hydrogens is 242 g/mol. The first kappa shape index (κ1) is 15.4. The van der Waals surface area contributed by atoms with E-state index in [4.69, 9.17) is 4.74 Å². The molecule has 1 rings (SSSR count). The minimum Gasteiger partial charge on any atom is -0.496 e. The maximum atomic E-state index is 5.45. The lowest BCUT2D eigenvalue weighted by Gasteiger charge is -2.24. The Morgan fingerprint density at radius 1 is 1.33 bits per heavy atom. The van der Waals surface area contributed by atoms with E-state index in [1.165, 1.54) is 17.7 Å². The molecular formula is C15H25NOS. The molecule has 0 aliphatic rings. The van der Waals surface area contributed by atoms with E-state index < -0.39 is 0 Å². The minimum absolute atomic E-state index is 0.373. The van der Waals surface area contributed by atoms with E-state index in [2.05, 4.69) is 37.6 Å². The van der Waals surface area contributed by atoms with Crippen molar-refractivity contribution in [2.45, 2.75) is 38.8 Å². The van der Waals surface area contributed by atoms with Crippen LogP contribution in [0.4, 0.5) is 0 Å². The summed E-state index contributed by atoms with van der Waals surface area (Å²) in [6.45, 7) is 4.47. The molecule has 0 heterocycles. The zero-order chi connectivity index (χ0) is 13.4. The summed E-state index contributed by atoms with van der Waals surface area (Å²) < 4.78 is 5.45. The van der Waals surface area contributed by atoms with Crippen molar-refractivity contribution in [1.82, 2.24) is 5.32 Å². The van der Waals surface area contributed by atoms with E-state index in [0.717, 1.165) is 12.2 Å². The number of rotatable bonds is 8. The van der Waals surface area contributed by atoms with Gasteiger partial charge in [0.2, 0.25) is 0 Å². The van der Waals surface area contributed by atoms with Gasteiger partial charge in [-0.15, -0.1) is 0 Å². The molecule has 0 amide bonds. The molecule has 1 aromatic carbocycles. The second kappa shape index (κ2) is 8.44. The second-order valence-corrected chi connectivity index (χ2v) is 5.54. The predicted molar refractivity (Wildman–Crippen MR) is 81.6 cm³/mol. The molecule has 18 heavy (non-hydrogen) atoms. The quantitative estimate of drug-likeness (QED) is 0.772. The molecule has 2 atom stereocenters. The summed E-state index contributed by atoms with van der Waals surface area (Å²) in [5.74, 6) is 2.19. The monoisotopic (exact) mass is 267 g/mol. The van der Waals surface area contributed by atoms with Crippen molar-refractivity contribution in [3.63, 3.8) is 0 Å². The van der Waals surface area contributed by atoms with Gasteiger partial charge in [0, 0.05) is 17.6 Å². The van der Waals surface area contributed by atoms with Gasteiger partial charge in [0.25, 0.3) is 0 Å². The summed E-state index contributed by atoms with van der Waals surface area (Å²) in [5.41, 5.74) is 1.26. The summed E-state index contributed by atoms with van der Waals surface area (Å²) in [6, 6.07) is 9.19. The normalized spacial score (nSPS) is 14.2. The van der Waals surface area contributed by atoms with Crippen molar-refractivity contribution in [2.75, 3.05) is 19.1 Å². The number of ether oxygens (including phenoxy) is 1. The Hall–Kier alpha value is -0.670. The van der Waals surface area contributed by atoms with Crippen molar-refractivity contribution in [3.05, 3.63) is 29.8 Å². The third-order valence-electron chi connectivity index (χ3n) is 3.16. The van der Waals surface area contributed by atoms with Crippen LogP contribution in [-0.2, 0) is 0 Å². The molecule has 2 unspecified atom stereocenters. The van der Waals surface area contributed by atoms with Gasteiger partial charge in [-0.25, -0.2) is 0 Å². The second-order valence-electron chi connectivity index (χ2n) is 4.55. The molecule has 0 saturated carbocycles. The number of thioether (sulfide) groups is 1. The molecule has 0 aromatic heterocycles. The molecule has 2 nitrogen and oxygen atoms in total. The minimum atomic E-state index is 0.373. The van der Waals surface area contributed by atoms with Crippen LogP contribution in [0, 0.1) is 0 Å². The maximum absolute atomic E-state index is 5.45. The van der Waals surface area contributed by atoms with Gasteiger partial charge in [0.05, 0.1) is 7.11 Å². The molecule has 0 radical (unpaired) electrons. The fourth-order valence-corrected chi connectivity index (χ4v) is 2.69. The van der Waals surface area contributed by atoms with Gasteiger partial charge < -0.3 is 10.1 Å². The number of methoxy groups -OCH3 is 1. The molecule has 0 bridgehead atoms. The Morgan fingerprint density at radius 3 is 2.67 bits per heavy atom. The topological polar surface area (TPSA) is 21.3 Å². The summed E-state index contributed by atoms with van der Waals surface area (Å²) in [6.07, 6.45) is 4.43. The third kappa shape index (κ3) is 4.54. The van der Waals surface area contributed by atoms with Crippen molar-refractivity contribution in [2.24, 2.45) is 0 Å². The fourth-order valence-electron chi connectivity index (χ4n) is 2.10. The molecule has 0 fully saturated rings. The van der Waals surface area contributed by atoms with E-state index in [9.17, 15) is 0 Å². The average Bonchev–Trinajstić information content (AvgIpc) is 2.42. The van der Waals surface area contributed by atoms with Gasteiger partial charge in [-0.3, -0.25) is 0 Å². The Labute approximate surface area is 116 Å². The van der Waals surface area contributed by atoms with E-state index in [-0.39, 0.29) is 0 Å². The third-order valence-corrected chi connectivity index (χ3v) is 3.81. The lowest BCUT2D eigenvalue weighted by atomic mass is 10.0. The van der Waals surface area contributed by atoms with Crippen molar-refractivity contribution < 1.29 is 4.74 Å². The lowest BCUT2D eigenvalue weighted by molar-refractivity contribution is 0.385. The predicted octanol–water partition coefficient (Wildman–Crippen LogP) is 3.88. The van der Waals surface area contributed by atoms with Crippen LogP contribution in [0.1, 0.15) is 38.3 Å². The zero-order valence-electron chi connectivity index (χ0n) is 11.9. The number of benzene rings is 1. The van der Waals surface area contributed by atoms with Crippen molar-refractivity contribution in [3.8, 4) is 5.75 Å². The standard InChI is InChI=1S/C15H25NOS/c1-5-14(16-12(2)10-11-18-4)13-8-6-7-9-15(13)17-3/h6-9,12,14,16H,5,10-11H2,1-4H3. The highest BCUT2D eigenvalue weighted by Crippen LogP contribution is 2.27. The highest BCUT2D eigenvalue weighted by molar-refractivity contribution is 7.98. The summed E-state index contributed by atoms with van der Waals surface area (Å²) in [5, 5.41) is 3.70. The van der Waals surface area contributed by atoms with Crippen LogP contribution in [0.3, 0.4) is 0 Å². The van der Waals surface area contributed by atoms with Crippen LogP contribution in [0.5, 0.6) is 5.75 Å². The fraction of sp³-hybridized carbons (Fsp3) is 0.600. The smallest absolute Gasteiger partial charge is 0.123 e. The number of para-hydroxylation sites is 1. The Balaban J connectivity index is 2.70. The van der Waals surface area contributed by atoms with Crippen LogP contribution in [0.2, 0.25) is 0 Å². The van der Waals surface area contributed by atoms with Gasteiger partial charge in [-0.05, 0) is 37.8 Å². The zero-order valence-corrected chi connectivity index (χ0v) is 12.7. The first-order valence-electron chi connectivity index (χ1n) is 6.60. The maximum Gasteiger partial charge on any atom is 0.123 e. The van der Waals surface area contributed by atoms with Gasteiger partial charge in [-0.2, -0.15) is 11.8 Å². The lowest BCUT2D eigenvalue weighted by Crippen LogP contribution is -2.31. The molecule has 3 heteroatoms. The molecule has 1 aromatic rings. The molecule has 0 aliphatic heterocycles. The van der Waals surface area contributed by atoms with Crippen LogP contribution < -0.4 is 10.1 Å². The van der Waals surface area contributed by atoms with Crippen LogP contribution >= 0.6 is 11.8 Å². The Bertz CT molecular complexity index is 343. The van der Waals surface area contributed by atoms with E-state index in [1.807, 2.05) is 23.9 Å². The summed E-state index contributed by atoms with van der Waals surface area (Å²) in [4.78, 5) is 0. The van der Waals surface area contributed by atoms with E-state index >= 15 is 0 Å². The van der Waals surface area contributed by atoms with Crippen molar-refractivity contribution >= 4 is 11.8 Å². The van der Waals surface area contributed by atoms with Crippen molar-refractivity contribution in [1.29, 1.82) is 0 Å². The number of nitrogens with one attached hydrogen (secondary N) is 1. The van der Waals surface area contributed by atoms with Gasteiger partial charge >= 0.3 is 0 Å². The van der Waals surface area contributed by atoms with E-state index in [1.54, 1.807) is 7.11 Å². The molecule has 1 N–H and O–H groups in total. The van der Waals surface area contributed by atoms with Gasteiger partial charge in [0.15, 0.2) is 0 Å². The number of hydrogen-bond acceptors (Lipinski definition) is 3. The van der Waals surface area contributed by atoms with Crippen LogP contribution in [0.15, 0.2) is 24.3 Å². The van der Waals surface area contributed by atoms with E-state index in [0.29, 0.717) is 12.1 Å². The molecule has 0 saturated heterocycles. The summed E-state index contributed by atoms with van der Waals surface area (Å²) in [7, 11) is 1.74. The Morgan fingerprint density at radius 2 is 2.06 bits per heavy atom. The van der Waals surface area contributed by atoms with Crippen LogP contribution in [-0.4, -0.2) is 25.2 Å².